The standard InChI is InChI=1S/C18H27BN2O4.C10H17NO.C7H12BNO3/c1-17(2,3)13(14(23)20-16(19)25)15(24)21-8-10-6-18(4-5-18)7-11(10)12(21)9-22;12-6-9-8-4-10(1-2-10)3-7(8)5-11-9;1-7(2,3)4(5(10)11)9-6(8)12/h10-13,22H,4-9H2,1-3H3,(H,20,23,25);7-9,11-12H,1-6H2;4H,1-3H3,(H,9,12)(H,10,11)/t10?,11-,12+,13+;7?,8-,9+;4-/m001/s1. The summed E-state index contributed by atoms with van der Waals surface area (Å²) in [5.41, 5.74) is 0.0302. The number of aliphatic hydroxyl groups is 2. The van der Waals surface area contributed by atoms with Crippen LogP contribution in [0.15, 0.2) is 0 Å². The second-order valence-corrected chi connectivity index (χ2v) is 17.9. The van der Waals surface area contributed by atoms with Crippen molar-refractivity contribution in [2.24, 2.45) is 51.2 Å². The molecule has 6 N–H and O–H groups in total. The highest BCUT2D eigenvalue weighted by atomic mass is 16.4. The molecule has 6 rings (SSSR count). The van der Waals surface area contributed by atoms with Crippen molar-refractivity contribution < 1.29 is 39.3 Å². The molecule has 4 radical (unpaired) electrons. The van der Waals surface area contributed by atoms with Gasteiger partial charge in [-0.2, -0.15) is 0 Å². The Morgan fingerprint density at radius 2 is 1.37 bits per heavy atom. The monoisotopic (exact) mass is 682 g/mol. The molecule has 12 nitrogen and oxygen atoms in total. The Kier molecular flexibility index (Phi) is 11.8. The van der Waals surface area contributed by atoms with Gasteiger partial charge in [-0.25, -0.2) is 4.79 Å². The molecule has 2 unspecified atom stereocenters. The largest absolute Gasteiger partial charge is 0.480 e. The number of aliphatic hydroxyl groups excluding tert-OH is 2. The number of likely N-dealkylation sites (tertiary alicyclic amines) is 1. The van der Waals surface area contributed by atoms with Crippen molar-refractivity contribution in [1.29, 1.82) is 0 Å². The summed E-state index contributed by atoms with van der Waals surface area (Å²) in [5.74, 6) is -2.44. The highest BCUT2D eigenvalue weighted by Crippen LogP contribution is 2.64. The van der Waals surface area contributed by atoms with Crippen LogP contribution in [0.1, 0.15) is 92.9 Å². The molecule has 2 aliphatic heterocycles. The summed E-state index contributed by atoms with van der Waals surface area (Å²) in [4.78, 5) is 59.4. The molecule has 0 aromatic heterocycles. The van der Waals surface area contributed by atoms with Gasteiger partial charge in [0.25, 0.3) is 0 Å². The number of aliphatic carboxylic acids is 1. The zero-order chi connectivity index (χ0) is 36.7. The molecule has 270 valence electrons. The van der Waals surface area contributed by atoms with E-state index in [-0.39, 0.29) is 18.6 Å². The number of hydrogen-bond acceptors (Lipinski definition) is 8. The Hall–Kier alpha value is -2.44. The number of imide groups is 1. The second-order valence-electron chi connectivity index (χ2n) is 17.9. The van der Waals surface area contributed by atoms with E-state index in [0.717, 1.165) is 36.6 Å². The van der Waals surface area contributed by atoms with E-state index in [1.165, 1.54) is 38.5 Å². The fraction of sp³-hybridized carbons (Fsp3) is 0.857. The minimum absolute atomic E-state index is 0.0860. The molecule has 0 bridgehead atoms. The predicted octanol–water partition coefficient (Wildman–Crippen LogP) is 2.18. The Bertz CT molecular complexity index is 1270. The number of fused-ring (bicyclic) bond motifs is 2. The Morgan fingerprint density at radius 1 is 0.816 bits per heavy atom. The lowest BCUT2D eigenvalue weighted by atomic mass is 9.78. The van der Waals surface area contributed by atoms with E-state index in [0.29, 0.717) is 36.4 Å². The van der Waals surface area contributed by atoms with Gasteiger partial charge in [0.2, 0.25) is 27.5 Å². The SMILES string of the molecule is OC[C@H]1NCC2CC3(CC3)C[C@@H]21.[B]C(=O)NC(=O)[C@H](C(=O)N1CC2CC3(CC3)C[C@@H]2[C@H]1CO)C(C)(C)C.[B]C(=O)N[C@H](C(=O)O)C(C)(C)C. The molecule has 4 saturated carbocycles. The van der Waals surface area contributed by atoms with Gasteiger partial charge in [-0.1, -0.05) is 41.5 Å². The van der Waals surface area contributed by atoms with Crippen molar-refractivity contribution in [3.8, 4) is 0 Å². The van der Waals surface area contributed by atoms with Gasteiger partial charge in [-0.05, 0) is 103 Å². The maximum atomic E-state index is 13.2. The fourth-order valence-corrected chi connectivity index (χ4v) is 9.22. The van der Waals surface area contributed by atoms with Crippen LogP contribution < -0.4 is 16.0 Å². The topological polar surface area (TPSA) is 185 Å². The number of amides is 4. The van der Waals surface area contributed by atoms with E-state index in [1.807, 2.05) is 0 Å². The van der Waals surface area contributed by atoms with Gasteiger partial charge in [0, 0.05) is 12.6 Å². The summed E-state index contributed by atoms with van der Waals surface area (Å²) < 4.78 is 0. The number of carbonyl (C=O) groups is 5. The van der Waals surface area contributed by atoms with Gasteiger partial charge in [0.05, 0.1) is 19.3 Å². The van der Waals surface area contributed by atoms with Crippen molar-refractivity contribution in [2.75, 3.05) is 26.3 Å². The zero-order valence-electron chi connectivity index (χ0n) is 30.1. The van der Waals surface area contributed by atoms with Crippen molar-refractivity contribution in [3.05, 3.63) is 0 Å². The molecule has 2 spiro atoms. The van der Waals surface area contributed by atoms with E-state index in [1.54, 1.807) is 46.4 Å². The zero-order valence-corrected chi connectivity index (χ0v) is 30.1. The minimum Gasteiger partial charge on any atom is -0.480 e. The molecule has 14 heteroatoms. The highest BCUT2D eigenvalue weighted by Gasteiger charge is 2.60. The summed E-state index contributed by atoms with van der Waals surface area (Å²) in [6.45, 7) is 12.5. The van der Waals surface area contributed by atoms with E-state index in [9.17, 15) is 29.1 Å². The third-order valence-electron chi connectivity index (χ3n) is 12.0. The average Bonchev–Trinajstić information content (AvgIpc) is 3.70. The van der Waals surface area contributed by atoms with Gasteiger partial charge in [0.15, 0.2) is 11.6 Å². The quantitative estimate of drug-likeness (QED) is 0.181. The molecule has 49 heavy (non-hydrogen) atoms. The van der Waals surface area contributed by atoms with Gasteiger partial charge < -0.3 is 36.2 Å². The molecule has 0 aromatic rings. The van der Waals surface area contributed by atoms with Gasteiger partial charge in [0.1, 0.15) is 12.0 Å². The van der Waals surface area contributed by atoms with Gasteiger partial charge >= 0.3 is 5.97 Å². The predicted molar refractivity (Wildman–Crippen MR) is 185 cm³/mol. The summed E-state index contributed by atoms with van der Waals surface area (Å²) in [7, 11) is 9.87. The third-order valence-corrected chi connectivity index (χ3v) is 12.0. The van der Waals surface area contributed by atoms with Gasteiger partial charge in [-0.3, -0.25) is 19.2 Å². The van der Waals surface area contributed by atoms with Crippen LogP contribution in [0.25, 0.3) is 0 Å². The third kappa shape index (κ3) is 9.27. The average molecular weight is 682 g/mol. The van der Waals surface area contributed by atoms with E-state index >= 15 is 0 Å². The number of nitrogens with one attached hydrogen (secondary N) is 3. The van der Waals surface area contributed by atoms with E-state index in [2.05, 4.69) is 16.0 Å². The Morgan fingerprint density at radius 3 is 1.78 bits per heavy atom. The number of carboxylic acids is 1. The van der Waals surface area contributed by atoms with Crippen molar-refractivity contribution in [1.82, 2.24) is 20.9 Å². The summed E-state index contributed by atoms with van der Waals surface area (Å²) >= 11 is 0. The Balaban J connectivity index is 0.000000187. The lowest BCUT2D eigenvalue weighted by Gasteiger charge is -2.35. The molecule has 4 amide bonds. The Labute approximate surface area is 293 Å². The number of carboxylic acid groups (broad SMARTS) is 1. The first-order chi connectivity index (χ1) is 22.7. The molecule has 8 atom stereocenters. The highest BCUT2D eigenvalue weighted by molar-refractivity contribution is 6.58. The maximum absolute atomic E-state index is 13.2. The second kappa shape index (κ2) is 14.7. The summed E-state index contributed by atoms with van der Waals surface area (Å²) in [5, 5.41) is 35.4. The van der Waals surface area contributed by atoms with Crippen LogP contribution in [-0.4, -0.2) is 110 Å². The van der Waals surface area contributed by atoms with Crippen molar-refractivity contribution >= 4 is 45.1 Å². The summed E-state index contributed by atoms with van der Waals surface area (Å²) in [6.07, 6.45) is 10.5. The molecular weight excluding hydrogens is 626 g/mol. The van der Waals surface area contributed by atoms with Crippen LogP contribution in [0.4, 0.5) is 9.59 Å². The minimum atomic E-state index is -1.08. The lowest BCUT2D eigenvalue weighted by molar-refractivity contribution is -0.148. The molecule has 2 heterocycles. The van der Waals surface area contributed by atoms with Crippen molar-refractivity contribution in [2.45, 2.75) is 111 Å². The molecule has 0 aromatic carbocycles. The maximum Gasteiger partial charge on any atom is 0.326 e. The first kappa shape index (κ1) is 39.3. The van der Waals surface area contributed by atoms with E-state index < -0.39 is 46.3 Å². The normalized spacial score (nSPS) is 30.9. The van der Waals surface area contributed by atoms with Crippen LogP contribution in [-0.2, 0) is 14.4 Å². The van der Waals surface area contributed by atoms with E-state index in [4.69, 9.17) is 25.9 Å². The smallest absolute Gasteiger partial charge is 0.326 e. The fourth-order valence-electron chi connectivity index (χ4n) is 9.22. The molecular formula is C35H56B2N4O8. The summed E-state index contributed by atoms with van der Waals surface area (Å²) in [6, 6.07) is -0.756. The molecule has 6 aliphatic rings. The van der Waals surface area contributed by atoms with Crippen LogP contribution in [0.3, 0.4) is 0 Å². The first-order valence-electron chi connectivity index (χ1n) is 17.8. The van der Waals surface area contributed by atoms with Crippen LogP contribution in [0, 0.1) is 51.2 Å². The number of nitrogens with zero attached hydrogens (tertiary/aromatic N) is 1. The molecule has 4 aliphatic carbocycles. The van der Waals surface area contributed by atoms with Crippen LogP contribution in [0.2, 0.25) is 0 Å². The van der Waals surface area contributed by atoms with Crippen molar-refractivity contribution in [3.63, 3.8) is 0 Å². The molecule has 6 fully saturated rings. The number of rotatable bonds is 6. The van der Waals surface area contributed by atoms with Crippen LogP contribution in [0.5, 0.6) is 0 Å². The first-order valence-corrected chi connectivity index (χ1v) is 17.8. The number of carbonyl (C=O) groups excluding carboxylic acids is 4. The number of hydrogen-bond donors (Lipinski definition) is 6. The molecule has 2 saturated heterocycles. The van der Waals surface area contributed by atoms with Gasteiger partial charge in [-0.15, -0.1) is 0 Å². The lowest BCUT2D eigenvalue weighted by Crippen LogP contribution is -2.52. The van der Waals surface area contributed by atoms with Crippen LogP contribution >= 0.6 is 0 Å².